The van der Waals surface area contributed by atoms with Crippen molar-refractivity contribution >= 4 is 70.1 Å². The molecule has 0 saturated carbocycles. The molecule has 62 heavy (non-hydrogen) atoms. The number of carbonyl (C=O) groups is 9. The van der Waals surface area contributed by atoms with E-state index >= 15 is 0 Å². The van der Waals surface area contributed by atoms with Gasteiger partial charge in [-0.15, -0.1) is 0 Å². The van der Waals surface area contributed by atoms with E-state index in [0.29, 0.717) is 18.6 Å². The molecule has 1 aromatic rings. The summed E-state index contributed by atoms with van der Waals surface area (Å²) in [4.78, 5) is 117. The molecule has 23 heteroatoms. The van der Waals surface area contributed by atoms with Crippen LogP contribution in [0.25, 0.3) is 0 Å². The van der Waals surface area contributed by atoms with Crippen LogP contribution in [-0.4, -0.2) is 127 Å². The molecule has 2 aliphatic heterocycles. The van der Waals surface area contributed by atoms with E-state index in [-0.39, 0.29) is 81.1 Å². The van der Waals surface area contributed by atoms with E-state index in [0.717, 1.165) is 17.3 Å². The average Bonchev–Trinajstić information content (AvgIpc) is 3.24. The van der Waals surface area contributed by atoms with Crippen molar-refractivity contribution in [2.24, 2.45) is 34.2 Å². The van der Waals surface area contributed by atoms with Gasteiger partial charge in [-0.2, -0.15) is 0 Å². The monoisotopic (exact) mass is 891 g/mol. The number of amides is 8. The largest absolute Gasteiger partial charge is 0.494 e. The van der Waals surface area contributed by atoms with Gasteiger partial charge in [-0.3, -0.25) is 53.4 Å². The number of nitrogens with one attached hydrogen (secondary N) is 8. The number of nitrogens with zero attached hydrogens (tertiary/aromatic N) is 1. The molecule has 2 heterocycles. The van der Waals surface area contributed by atoms with E-state index in [1.807, 2.05) is 26.0 Å². The number of hydrogen-bond acceptors (Lipinski definition) is 13. The van der Waals surface area contributed by atoms with Gasteiger partial charge in [0.25, 0.3) is 0 Å². The number of fused-ring (bicyclic) bond motifs is 12. The Hall–Kier alpha value is -5.97. The van der Waals surface area contributed by atoms with Gasteiger partial charge < -0.3 is 53.4 Å². The third-order valence-electron chi connectivity index (χ3n) is 9.27. The molecule has 2 aliphatic rings. The lowest BCUT2D eigenvalue weighted by atomic mass is 9.81. The van der Waals surface area contributed by atoms with E-state index in [2.05, 4.69) is 42.2 Å². The summed E-state index contributed by atoms with van der Waals surface area (Å²) in [6, 6.07) is 4.99. The standard InChI is InChI=1S/C39H61N11O11S/c1-23(2)18-28-27(36(57)50-60)6-5-17-61-26-11-8-25(9-12-26)10-13-30(48-35(28)56)38(59)49-29(7-4-14-44-39(40)41)37(58)43-16-15-42-31(52)19-45-32(53)20-46-33(54)21-47-34(55)22-62-24(3)51/h8-9,11-12,23,27-30,60H,4-7,10,13-22H2,1-3H3,(H,42,52)(H,43,58)(H,45,53)(H,46,54)(H,47,55)(H,48,56)(H,49,59)(H,50,57)(H4,40,41,44)/t27-,28+,29-,30-/m0/s1. The molecule has 8 amide bonds. The summed E-state index contributed by atoms with van der Waals surface area (Å²) in [5.41, 5.74) is 13.4. The van der Waals surface area contributed by atoms with Crippen molar-refractivity contribution in [3.8, 4) is 5.75 Å². The Morgan fingerprint density at radius 1 is 0.871 bits per heavy atom. The minimum atomic E-state index is -1.14. The summed E-state index contributed by atoms with van der Waals surface area (Å²) >= 11 is 0.784. The zero-order chi connectivity index (χ0) is 46.0. The molecule has 0 radical (unpaired) electrons. The smallest absolute Gasteiger partial charge is 0.247 e. The van der Waals surface area contributed by atoms with Crippen molar-refractivity contribution in [2.75, 3.05) is 51.6 Å². The first-order valence-corrected chi connectivity index (χ1v) is 21.3. The quantitative estimate of drug-likeness (QED) is 0.0199. The second-order valence-corrected chi connectivity index (χ2v) is 16.0. The molecule has 22 nitrogen and oxygen atoms in total. The number of benzene rings is 1. The number of nitrogens with two attached hydrogens (primary N) is 2. The highest BCUT2D eigenvalue weighted by molar-refractivity contribution is 8.14. The number of ether oxygens (including phenoxy) is 1. The van der Waals surface area contributed by atoms with E-state index in [1.165, 1.54) is 6.92 Å². The van der Waals surface area contributed by atoms with E-state index < -0.39 is 90.8 Å². The Morgan fingerprint density at radius 3 is 2.08 bits per heavy atom. The third kappa shape index (κ3) is 21.5. The maximum atomic E-state index is 14.0. The number of hydrogen-bond donors (Lipinski definition) is 11. The molecule has 13 N–H and O–H groups in total. The molecule has 0 unspecified atom stereocenters. The van der Waals surface area contributed by atoms with Crippen LogP contribution in [0.15, 0.2) is 29.3 Å². The Morgan fingerprint density at radius 2 is 1.48 bits per heavy atom. The number of hydroxylamine groups is 1. The predicted molar refractivity (Wildman–Crippen MR) is 228 cm³/mol. The second kappa shape index (κ2) is 28.5. The van der Waals surface area contributed by atoms with Crippen molar-refractivity contribution in [3.63, 3.8) is 0 Å². The lowest BCUT2D eigenvalue weighted by Crippen LogP contribution is -2.55. The fourth-order valence-corrected chi connectivity index (χ4v) is 6.60. The zero-order valence-corrected chi connectivity index (χ0v) is 36.2. The molecule has 0 aromatic heterocycles. The number of aryl methyl sites for hydroxylation is 1. The van der Waals surface area contributed by atoms with Crippen molar-refractivity contribution in [1.29, 1.82) is 0 Å². The highest BCUT2D eigenvalue weighted by Crippen LogP contribution is 2.27. The van der Waals surface area contributed by atoms with Crippen molar-refractivity contribution in [3.05, 3.63) is 29.8 Å². The van der Waals surface area contributed by atoms with Gasteiger partial charge >= 0.3 is 0 Å². The molecule has 4 atom stereocenters. The maximum Gasteiger partial charge on any atom is 0.247 e. The summed E-state index contributed by atoms with van der Waals surface area (Å²) in [5.74, 6) is -6.60. The van der Waals surface area contributed by atoms with Crippen LogP contribution in [0.3, 0.4) is 0 Å². The van der Waals surface area contributed by atoms with Crippen LogP contribution in [0.5, 0.6) is 5.75 Å². The highest BCUT2D eigenvalue weighted by atomic mass is 32.2. The SMILES string of the molecule is CC(=O)SCC(=O)NCC(=O)NCC(=O)NCC(=O)NCCNC(=O)[C@H](CCCN=C(N)N)NC(=O)[C@@H]1CCc2ccc(cc2)OCCC[C@H](C(=O)NO)[C@@H](CC(C)C)C(=O)N1. The molecule has 1 aromatic carbocycles. The normalized spacial score (nSPS) is 17.0. The Labute approximate surface area is 364 Å². The minimum absolute atomic E-state index is 0.0272. The number of carbonyl (C=O) groups excluding carboxylic acids is 9. The topological polar surface area (TPSA) is 344 Å². The molecule has 344 valence electrons. The van der Waals surface area contributed by atoms with E-state index in [9.17, 15) is 48.4 Å². The fourth-order valence-electron chi connectivity index (χ4n) is 6.16. The average molecular weight is 892 g/mol. The van der Waals surface area contributed by atoms with E-state index in [1.54, 1.807) is 17.6 Å². The lowest BCUT2D eigenvalue weighted by Gasteiger charge is -2.29. The molecule has 0 saturated heterocycles. The molecular formula is C39H61N11O11S. The van der Waals surface area contributed by atoms with Gasteiger partial charge in [-0.05, 0) is 68.6 Å². The maximum absolute atomic E-state index is 14.0. The van der Waals surface area contributed by atoms with Gasteiger partial charge in [0.05, 0.1) is 37.9 Å². The second-order valence-electron chi connectivity index (χ2n) is 14.8. The summed E-state index contributed by atoms with van der Waals surface area (Å²) in [6.07, 6.45) is 1.75. The van der Waals surface area contributed by atoms with Crippen LogP contribution >= 0.6 is 11.8 Å². The van der Waals surface area contributed by atoms with Gasteiger partial charge in [0.2, 0.25) is 47.3 Å². The summed E-state index contributed by atoms with van der Waals surface area (Å²) in [7, 11) is 0. The molecule has 2 bridgehead atoms. The van der Waals surface area contributed by atoms with Gasteiger partial charge in [-0.1, -0.05) is 37.7 Å². The number of rotatable bonds is 21. The van der Waals surface area contributed by atoms with Crippen molar-refractivity contribution < 1.29 is 53.1 Å². The molecular weight excluding hydrogens is 831 g/mol. The summed E-state index contributed by atoms with van der Waals surface area (Å²) in [5, 5.41) is 27.0. The van der Waals surface area contributed by atoms with Crippen LogP contribution in [0, 0.1) is 17.8 Å². The number of guanidine groups is 1. The van der Waals surface area contributed by atoms with Crippen LogP contribution in [0.1, 0.15) is 64.9 Å². The van der Waals surface area contributed by atoms with Crippen molar-refractivity contribution in [1.82, 2.24) is 42.7 Å². The molecule has 3 rings (SSSR count). The first kappa shape index (κ1) is 52.2. The van der Waals surface area contributed by atoms with Crippen LogP contribution in [-0.2, 0) is 49.6 Å². The first-order valence-electron chi connectivity index (χ1n) is 20.3. The molecule has 0 spiro atoms. The first-order chi connectivity index (χ1) is 29.5. The summed E-state index contributed by atoms with van der Waals surface area (Å²) < 4.78 is 5.84. The highest BCUT2D eigenvalue weighted by Gasteiger charge is 2.36. The fraction of sp³-hybridized carbons (Fsp3) is 0.590. The minimum Gasteiger partial charge on any atom is -0.494 e. The van der Waals surface area contributed by atoms with Crippen LogP contribution in [0.2, 0.25) is 0 Å². The zero-order valence-electron chi connectivity index (χ0n) is 35.3. The Kier molecular flexibility index (Phi) is 24.0. The van der Waals surface area contributed by atoms with Crippen molar-refractivity contribution in [2.45, 2.75) is 77.8 Å². The van der Waals surface area contributed by atoms with E-state index in [4.69, 9.17) is 16.2 Å². The molecule has 0 aliphatic carbocycles. The predicted octanol–water partition coefficient (Wildman–Crippen LogP) is -2.54. The summed E-state index contributed by atoms with van der Waals surface area (Å²) in [6.45, 7) is 4.04. The van der Waals surface area contributed by atoms with Gasteiger partial charge in [-0.25, -0.2) is 5.48 Å². The van der Waals surface area contributed by atoms with Crippen LogP contribution < -0.4 is 58.9 Å². The Bertz CT molecular complexity index is 1730. The number of aliphatic imine (C=N–C) groups is 1. The lowest BCUT2D eigenvalue weighted by molar-refractivity contribution is -0.142. The Balaban J connectivity index is 2.07. The van der Waals surface area contributed by atoms with Crippen LogP contribution in [0.4, 0.5) is 0 Å². The van der Waals surface area contributed by atoms with Gasteiger partial charge in [0.1, 0.15) is 17.8 Å². The van der Waals surface area contributed by atoms with Gasteiger partial charge in [0, 0.05) is 32.5 Å². The van der Waals surface area contributed by atoms with Gasteiger partial charge in [0.15, 0.2) is 11.1 Å². The third-order valence-corrected chi connectivity index (χ3v) is 10.1. The molecule has 0 fully saturated rings. The number of thioether (sulfide) groups is 1.